The minimum absolute atomic E-state index is 0.135. The van der Waals surface area contributed by atoms with Crippen LogP contribution in [0.15, 0.2) is 30.5 Å². The van der Waals surface area contributed by atoms with Crippen LogP contribution in [0.4, 0.5) is 4.39 Å². The Balaban J connectivity index is 1.76. The van der Waals surface area contributed by atoms with Gasteiger partial charge < -0.3 is 19.3 Å². The number of rotatable bonds is 10. The number of Topliss-reactive ketones (excluding diaryl/α,β-unsaturated/α-hetero) is 1. The molecule has 1 N–H and O–H groups in total. The molecule has 1 aliphatic carbocycles. The molecule has 0 saturated heterocycles. The fourth-order valence-electron chi connectivity index (χ4n) is 4.98. The zero-order valence-corrected chi connectivity index (χ0v) is 20.8. The predicted molar refractivity (Wildman–Crippen MR) is 128 cm³/mol. The highest BCUT2D eigenvalue weighted by atomic mass is 19.1. The lowest BCUT2D eigenvalue weighted by atomic mass is 9.74. The van der Waals surface area contributed by atoms with E-state index in [4.69, 9.17) is 14.2 Å². The molecule has 8 heteroatoms. The van der Waals surface area contributed by atoms with Gasteiger partial charge in [0, 0.05) is 36.2 Å². The van der Waals surface area contributed by atoms with Crippen molar-refractivity contribution in [3.63, 3.8) is 0 Å². The van der Waals surface area contributed by atoms with Gasteiger partial charge in [0.15, 0.2) is 23.0 Å². The lowest BCUT2D eigenvalue weighted by molar-refractivity contribution is -0.154. The molecule has 1 aliphatic rings. The first-order valence-electron chi connectivity index (χ1n) is 12.1. The number of methoxy groups -OCH3 is 2. The van der Waals surface area contributed by atoms with Crippen molar-refractivity contribution in [3.05, 3.63) is 47.5 Å². The summed E-state index contributed by atoms with van der Waals surface area (Å²) in [5.74, 6) is -1.82. The number of aromatic nitrogens is 1. The molecular weight excluding hydrogens is 453 g/mol. The van der Waals surface area contributed by atoms with Gasteiger partial charge in [0.1, 0.15) is 17.7 Å². The molecule has 0 bridgehead atoms. The maximum Gasteiger partial charge on any atom is 0.309 e. The standard InChI is InChI=1S/C27H34FNO6/c1-16(14-21(30)25-26(31)22(33-3)12-13-29-25)27(32)35-17(2)24(18-8-6-5-7-9-18)20-11-10-19(28)15-23(20)34-4/h10-13,15-18,24,31H,5-9,14H2,1-4H3/t16-,17+,24+/m1/s1. The van der Waals surface area contributed by atoms with Crippen LogP contribution in [0.3, 0.4) is 0 Å². The number of halogens is 1. The highest BCUT2D eigenvalue weighted by molar-refractivity contribution is 5.99. The zero-order chi connectivity index (χ0) is 25.5. The van der Waals surface area contributed by atoms with E-state index in [0.29, 0.717) is 5.75 Å². The number of ether oxygens (including phenoxy) is 3. The van der Waals surface area contributed by atoms with Crippen molar-refractivity contribution in [1.29, 1.82) is 0 Å². The fourth-order valence-corrected chi connectivity index (χ4v) is 4.98. The van der Waals surface area contributed by atoms with Crippen LogP contribution in [0, 0.1) is 17.7 Å². The highest BCUT2D eigenvalue weighted by Crippen LogP contribution is 2.43. The van der Waals surface area contributed by atoms with E-state index in [0.717, 1.165) is 31.2 Å². The van der Waals surface area contributed by atoms with Crippen LogP contribution in [-0.4, -0.2) is 42.2 Å². The number of carbonyl (C=O) groups excluding carboxylic acids is 2. The maximum absolute atomic E-state index is 13.9. The number of hydrogen-bond donors (Lipinski definition) is 1. The van der Waals surface area contributed by atoms with Crippen LogP contribution in [0.1, 0.15) is 74.3 Å². The predicted octanol–water partition coefficient (Wildman–Crippen LogP) is 5.45. The molecule has 3 atom stereocenters. The van der Waals surface area contributed by atoms with Crippen LogP contribution < -0.4 is 9.47 Å². The van der Waals surface area contributed by atoms with Crippen LogP contribution in [0.5, 0.6) is 17.2 Å². The number of hydrogen-bond acceptors (Lipinski definition) is 7. The second-order valence-corrected chi connectivity index (χ2v) is 9.19. The van der Waals surface area contributed by atoms with E-state index >= 15 is 0 Å². The first-order chi connectivity index (χ1) is 16.8. The van der Waals surface area contributed by atoms with Crippen molar-refractivity contribution in [2.45, 2.75) is 64.4 Å². The topological polar surface area (TPSA) is 95.0 Å². The normalized spacial score (nSPS) is 16.7. The van der Waals surface area contributed by atoms with E-state index in [1.807, 2.05) is 6.92 Å². The molecule has 35 heavy (non-hydrogen) atoms. The average Bonchev–Trinajstić information content (AvgIpc) is 2.85. The van der Waals surface area contributed by atoms with E-state index in [1.165, 1.54) is 45.0 Å². The molecule has 0 unspecified atom stereocenters. The minimum atomic E-state index is -0.750. The Morgan fingerprint density at radius 2 is 1.77 bits per heavy atom. The van der Waals surface area contributed by atoms with E-state index < -0.39 is 23.8 Å². The monoisotopic (exact) mass is 487 g/mol. The van der Waals surface area contributed by atoms with Crippen molar-refractivity contribution in [2.75, 3.05) is 14.2 Å². The van der Waals surface area contributed by atoms with Gasteiger partial charge in [-0.25, -0.2) is 9.37 Å². The molecule has 0 spiro atoms. The Labute approximate surface area is 205 Å². The molecule has 3 rings (SSSR count). The van der Waals surface area contributed by atoms with Crippen LogP contribution in [-0.2, 0) is 9.53 Å². The molecule has 0 aliphatic heterocycles. The summed E-state index contributed by atoms with van der Waals surface area (Å²) in [4.78, 5) is 29.6. The Bertz CT molecular complexity index is 1040. The van der Waals surface area contributed by atoms with Crippen LogP contribution >= 0.6 is 0 Å². The van der Waals surface area contributed by atoms with E-state index in [-0.39, 0.29) is 41.3 Å². The number of ketones is 1. The molecule has 0 radical (unpaired) electrons. The Hall–Kier alpha value is -3.16. The van der Waals surface area contributed by atoms with Crippen LogP contribution in [0.25, 0.3) is 0 Å². The molecular formula is C27H34FNO6. The smallest absolute Gasteiger partial charge is 0.309 e. The van der Waals surface area contributed by atoms with E-state index in [9.17, 15) is 19.1 Å². The number of aromatic hydroxyl groups is 1. The summed E-state index contributed by atoms with van der Waals surface area (Å²) in [6.07, 6.45) is 6.01. The molecule has 1 aromatic carbocycles. The van der Waals surface area contributed by atoms with Gasteiger partial charge in [-0.1, -0.05) is 32.3 Å². The summed E-state index contributed by atoms with van der Waals surface area (Å²) in [7, 11) is 2.88. The number of pyridine rings is 1. The SMILES string of the molecule is COc1cc(F)ccc1[C@H](C1CCCCC1)[C@H](C)OC(=O)[C@H](C)CC(=O)c1nccc(OC)c1O. The largest absolute Gasteiger partial charge is 0.503 e. The lowest BCUT2D eigenvalue weighted by Crippen LogP contribution is -2.32. The third kappa shape index (κ3) is 6.29. The fraction of sp³-hybridized carbons (Fsp3) is 0.519. The molecule has 0 amide bonds. The highest BCUT2D eigenvalue weighted by Gasteiger charge is 2.35. The van der Waals surface area contributed by atoms with E-state index in [1.54, 1.807) is 13.0 Å². The Kier molecular flexibility index (Phi) is 9.07. The summed E-state index contributed by atoms with van der Waals surface area (Å²) in [5.41, 5.74) is 0.670. The summed E-state index contributed by atoms with van der Waals surface area (Å²) < 4.78 is 30.2. The Morgan fingerprint density at radius 3 is 2.43 bits per heavy atom. The number of esters is 1. The van der Waals surface area contributed by atoms with Gasteiger partial charge >= 0.3 is 5.97 Å². The molecule has 1 saturated carbocycles. The first kappa shape index (κ1) is 26.4. The quantitative estimate of drug-likeness (QED) is 0.352. The Morgan fingerprint density at radius 1 is 1.09 bits per heavy atom. The third-order valence-electron chi connectivity index (χ3n) is 6.79. The third-order valence-corrected chi connectivity index (χ3v) is 6.79. The summed E-state index contributed by atoms with van der Waals surface area (Å²) >= 11 is 0. The average molecular weight is 488 g/mol. The molecule has 1 aromatic heterocycles. The maximum atomic E-state index is 13.9. The molecule has 190 valence electrons. The molecule has 1 heterocycles. The zero-order valence-electron chi connectivity index (χ0n) is 20.8. The minimum Gasteiger partial charge on any atom is -0.503 e. The first-order valence-corrected chi connectivity index (χ1v) is 12.1. The second kappa shape index (κ2) is 12.0. The molecule has 1 fully saturated rings. The van der Waals surface area contributed by atoms with Gasteiger partial charge in [-0.15, -0.1) is 0 Å². The summed E-state index contributed by atoms with van der Waals surface area (Å²) in [5, 5.41) is 10.2. The van der Waals surface area contributed by atoms with Gasteiger partial charge in [-0.2, -0.15) is 0 Å². The van der Waals surface area contributed by atoms with Crippen molar-refractivity contribution in [3.8, 4) is 17.2 Å². The number of carbonyl (C=O) groups is 2. The van der Waals surface area contributed by atoms with Gasteiger partial charge in [-0.3, -0.25) is 9.59 Å². The van der Waals surface area contributed by atoms with Crippen molar-refractivity contribution in [2.24, 2.45) is 11.8 Å². The van der Waals surface area contributed by atoms with Gasteiger partial charge in [0.25, 0.3) is 0 Å². The van der Waals surface area contributed by atoms with Crippen molar-refractivity contribution in [1.82, 2.24) is 4.98 Å². The summed E-state index contributed by atoms with van der Waals surface area (Å²) in [6.45, 7) is 3.45. The number of nitrogens with zero attached hydrogens (tertiary/aromatic N) is 1. The van der Waals surface area contributed by atoms with Gasteiger partial charge in [-0.05, 0) is 31.7 Å². The molecule has 2 aromatic rings. The molecule has 7 nitrogen and oxygen atoms in total. The number of benzene rings is 1. The second-order valence-electron chi connectivity index (χ2n) is 9.19. The van der Waals surface area contributed by atoms with Crippen molar-refractivity contribution < 1.29 is 33.3 Å². The van der Waals surface area contributed by atoms with Crippen molar-refractivity contribution >= 4 is 11.8 Å². The van der Waals surface area contributed by atoms with Gasteiger partial charge in [0.05, 0.1) is 20.1 Å². The summed E-state index contributed by atoms with van der Waals surface area (Å²) in [6, 6.07) is 5.91. The van der Waals surface area contributed by atoms with Crippen LogP contribution in [0.2, 0.25) is 0 Å². The lowest BCUT2D eigenvalue weighted by Gasteiger charge is -2.35. The van der Waals surface area contributed by atoms with Gasteiger partial charge in [0.2, 0.25) is 0 Å². The van der Waals surface area contributed by atoms with E-state index in [2.05, 4.69) is 4.98 Å².